The summed E-state index contributed by atoms with van der Waals surface area (Å²) in [5.41, 5.74) is 23.0. The monoisotopic (exact) mass is 601 g/mol. The van der Waals surface area contributed by atoms with E-state index in [2.05, 4.69) is 114 Å². The van der Waals surface area contributed by atoms with E-state index >= 15 is 0 Å². The zero-order chi connectivity index (χ0) is 32.7. The molecule has 3 aromatic carbocycles. The van der Waals surface area contributed by atoms with Gasteiger partial charge in [-0.25, -0.2) is 0 Å². The van der Waals surface area contributed by atoms with E-state index in [-0.39, 0.29) is 5.92 Å². The highest BCUT2D eigenvalue weighted by Gasteiger charge is 2.31. The van der Waals surface area contributed by atoms with Crippen LogP contribution in [0.4, 0.5) is 0 Å². The minimum absolute atomic E-state index is 0.00284. The van der Waals surface area contributed by atoms with Gasteiger partial charge in [0.1, 0.15) is 0 Å². The lowest BCUT2D eigenvalue weighted by Crippen LogP contribution is -2.16. The molecule has 6 aromatic rings. The molecule has 3 aromatic heterocycles. The Kier molecular flexibility index (Phi) is 8.44. The lowest BCUT2D eigenvalue weighted by molar-refractivity contribution is 0.900. The molecular formula is C43H43N3. The van der Waals surface area contributed by atoms with Crippen LogP contribution >= 0.6 is 0 Å². The molecular weight excluding hydrogens is 558 g/mol. The normalized spacial score (nSPS) is 11.3. The van der Waals surface area contributed by atoms with Crippen molar-refractivity contribution in [3.8, 4) is 33.4 Å². The first-order chi connectivity index (χ1) is 22.1. The minimum Gasteiger partial charge on any atom is -0.264 e. The summed E-state index contributed by atoms with van der Waals surface area (Å²) in [5, 5.41) is 0. The van der Waals surface area contributed by atoms with E-state index in [1.807, 2.05) is 55.4 Å². The summed E-state index contributed by atoms with van der Waals surface area (Å²) in [5.74, 6) is 0.00284. The molecule has 0 radical (unpaired) electrons. The van der Waals surface area contributed by atoms with Crippen LogP contribution in [0.25, 0.3) is 33.4 Å². The van der Waals surface area contributed by atoms with E-state index in [4.69, 9.17) is 0 Å². The molecule has 0 spiro atoms. The number of aryl methyl sites for hydroxylation is 6. The van der Waals surface area contributed by atoms with Gasteiger partial charge in [-0.05, 0) is 164 Å². The van der Waals surface area contributed by atoms with Gasteiger partial charge < -0.3 is 0 Å². The quantitative estimate of drug-likeness (QED) is 0.178. The van der Waals surface area contributed by atoms with Gasteiger partial charge in [0.05, 0.1) is 0 Å². The summed E-state index contributed by atoms with van der Waals surface area (Å²) < 4.78 is 0. The summed E-state index contributed by atoms with van der Waals surface area (Å²) in [7, 11) is 0. The SMILES string of the molecule is Cc1cc(C)c(C(c2c(C)cc(C)c(-c3cccnc3)c2C)c2c(C)cc(C)c(-c3cccnc3)c2C)c(C)c1-c1cccnc1. The van der Waals surface area contributed by atoms with Crippen molar-refractivity contribution < 1.29 is 0 Å². The molecule has 0 saturated heterocycles. The van der Waals surface area contributed by atoms with Crippen LogP contribution in [0.2, 0.25) is 0 Å². The standard InChI is InChI=1S/C43H43N3/c1-25-19-28(4)40(31(7)37(25)34-13-10-16-44-22-34)43(41-29(5)20-26(2)38(32(41)8)35-14-11-17-45-23-35)42-30(6)21-27(3)39(33(42)9)36-15-12-18-46-24-36/h10-24,43H,1-9H3. The molecule has 0 aliphatic heterocycles. The second-order valence-corrected chi connectivity index (χ2v) is 12.9. The number of nitrogens with zero attached hydrogens (tertiary/aromatic N) is 3. The third-order valence-corrected chi connectivity index (χ3v) is 9.81. The Balaban J connectivity index is 1.77. The van der Waals surface area contributed by atoms with Crippen LogP contribution in [0, 0.1) is 62.3 Å². The van der Waals surface area contributed by atoms with Crippen molar-refractivity contribution in [1.82, 2.24) is 15.0 Å². The fourth-order valence-corrected chi connectivity index (χ4v) is 8.23. The highest BCUT2D eigenvalue weighted by Crippen LogP contribution is 2.48. The van der Waals surface area contributed by atoms with Gasteiger partial charge in [-0.2, -0.15) is 0 Å². The Bertz CT molecular complexity index is 1820. The Labute approximate surface area is 274 Å². The van der Waals surface area contributed by atoms with Crippen LogP contribution in [0.15, 0.2) is 91.8 Å². The van der Waals surface area contributed by atoms with E-state index in [0.29, 0.717) is 0 Å². The highest BCUT2D eigenvalue weighted by atomic mass is 14.6. The van der Waals surface area contributed by atoms with Gasteiger partial charge in [-0.3, -0.25) is 15.0 Å². The first kappa shape index (κ1) is 31.1. The predicted octanol–water partition coefficient (Wildman–Crippen LogP) is 10.8. The number of hydrogen-bond donors (Lipinski definition) is 0. The van der Waals surface area contributed by atoms with E-state index in [1.54, 1.807) is 0 Å². The van der Waals surface area contributed by atoms with Gasteiger partial charge >= 0.3 is 0 Å². The van der Waals surface area contributed by atoms with Crippen LogP contribution in [-0.4, -0.2) is 15.0 Å². The average Bonchev–Trinajstić information content (AvgIpc) is 3.02. The molecule has 0 unspecified atom stereocenters. The van der Waals surface area contributed by atoms with Gasteiger partial charge in [-0.1, -0.05) is 36.4 Å². The van der Waals surface area contributed by atoms with Gasteiger partial charge in [0.15, 0.2) is 0 Å². The van der Waals surface area contributed by atoms with Gasteiger partial charge in [0.2, 0.25) is 0 Å². The molecule has 3 heteroatoms. The molecule has 230 valence electrons. The zero-order valence-electron chi connectivity index (χ0n) is 28.6. The van der Waals surface area contributed by atoms with Gasteiger partial charge in [0, 0.05) is 59.8 Å². The maximum Gasteiger partial charge on any atom is 0.0356 e. The zero-order valence-corrected chi connectivity index (χ0v) is 28.6. The Morgan fingerprint density at radius 3 is 0.913 bits per heavy atom. The van der Waals surface area contributed by atoms with Crippen LogP contribution in [0.3, 0.4) is 0 Å². The second-order valence-electron chi connectivity index (χ2n) is 12.9. The smallest absolute Gasteiger partial charge is 0.0356 e. The molecule has 0 saturated carbocycles. The van der Waals surface area contributed by atoms with Crippen molar-refractivity contribution in [3.05, 3.63) is 159 Å². The summed E-state index contributed by atoms with van der Waals surface area (Å²) in [6.45, 7) is 20.5. The van der Waals surface area contributed by atoms with Crippen molar-refractivity contribution in [1.29, 1.82) is 0 Å². The van der Waals surface area contributed by atoms with Crippen molar-refractivity contribution in [2.75, 3.05) is 0 Å². The number of hydrogen-bond acceptors (Lipinski definition) is 3. The van der Waals surface area contributed by atoms with Crippen molar-refractivity contribution in [2.24, 2.45) is 0 Å². The molecule has 3 heterocycles. The summed E-state index contributed by atoms with van der Waals surface area (Å²) >= 11 is 0. The van der Waals surface area contributed by atoms with Crippen LogP contribution < -0.4 is 0 Å². The van der Waals surface area contributed by atoms with E-state index in [0.717, 1.165) is 16.7 Å². The fourth-order valence-electron chi connectivity index (χ4n) is 8.23. The maximum absolute atomic E-state index is 4.51. The summed E-state index contributed by atoms with van der Waals surface area (Å²) in [6, 6.07) is 19.8. The minimum atomic E-state index is 0.00284. The van der Waals surface area contributed by atoms with E-state index in [1.165, 1.54) is 83.5 Å². The van der Waals surface area contributed by atoms with Gasteiger partial charge in [-0.15, -0.1) is 0 Å². The Morgan fingerprint density at radius 2 is 0.674 bits per heavy atom. The lowest BCUT2D eigenvalue weighted by atomic mass is 9.71. The third-order valence-electron chi connectivity index (χ3n) is 9.81. The second kappa shape index (κ2) is 12.5. The largest absolute Gasteiger partial charge is 0.264 e. The number of pyridine rings is 3. The first-order valence-corrected chi connectivity index (χ1v) is 16.1. The predicted molar refractivity (Wildman–Crippen MR) is 193 cm³/mol. The number of rotatable bonds is 6. The number of aromatic nitrogens is 3. The molecule has 0 bridgehead atoms. The molecule has 0 aliphatic carbocycles. The highest BCUT2D eigenvalue weighted by molar-refractivity contribution is 5.79. The fraction of sp³-hybridized carbons (Fsp3) is 0.233. The maximum atomic E-state index is 4.51. The van der Waals surface area contributed by atoms with E-state index < -0.39 is 0 Å². The Hall–Kier alpha value is -4.89. The molecule has 0 aliphatic rings. The topological polar surface area (TPSA) is 38.7 Å². The molecule has 6 rings (SSSR count). The van der Waals surface area contributed by atoms with Crippen molar-refractivity contribution in [3.63, 3.8) is 0 Å². The van der Waals surface area contributed by atoms with Crippen molar-refractivity contribution >= 4 is 0 Å². The molecule has 46 heavy (non-hydrogen) atoms. The molecule has 0 N–H and O–H groups in total. The van der Waals surface area contributed by atoms with Gasteiger partial charge in [0.25, 0.3) is 0 Å². The third kappa shape index (κ3) is 5.34. The molecule has 0 atom stereocenters. The van der Waals surface area contributed by atoms with Crippen LogP contribution in [0.1, 0.15) is 72.7 Å². The summed E-state index contributed by atoms with van der Waals surface area (Å²) in [6.07, 6.45) is 11.5. The van der Waals surface area contributed by atoms with Crippen LogP contribution in [0.5, 0.6) is 0 Å². The summed E-state index contributed by atoms with van der Waals surface area (Å²) in [4.78, 5) is 13.5. The van der Waals surface area contributed by atoms with Crippen molar-refractivity contribution in [2.45, 2.75) is 68.2 Å². The van der Waals surface area contributed by atoms with Crippen LogP contribution in [-0.2, 0) is 0 Å². The van der Waals surface area contributed by atoms with E-state index in [9.17, 15) is 0 Å². The Morgan fingerprint density at radius 1 is 0.391 bits per heavy atom. The number of benzene rings is 3. The molecule has 0 fully saturated rings. The molecule has 3 nitrogen and oxygen atoms in total. The average molecular weight is 602 g/mol. The molecule has 0 amide bonds. The first-order valence-electron chi connectivity index (χ1n) is 16.1. The lowest BCUT2D eigenvalue weighted by Gasteiger charge is -2.32.